The number of nitrogens with zero attached hydrogens (tertiary/aromatic N) is 5. The average Bonchev–Trinajstić information content (AvgIpc) is 2.95. The quantitative estimate of drug-likeness (QED) is 0.464. The van der Waals surface area contributed by atoms with Gasteiger partial charge in [-0.3, -0.25) is 4.79 Å². The number of aromatic nitrogens is 1. The summed E-state index contributed by atoms with van der Waals surface area (Å²) < 4.78 is 0. The van der Waals surface area contributed by atoms with Crippen LogP contribution in [0.5, 0.6) is 0 Å². The third-order valence-electron chi connectivity index (χ3n) is 8.26. The van der Waals surface area contributed by atoms with Crippen LogP contribution in [0.1, 0.15) is 52.4 Å². The molecule has 0 N–H and O–H groups in total. The Morgan fingerprint density at radius 2 is 1.76 bits per heavy atom. The van der Waals surface area contributed by atoms with Crippen LogP contribution in [-0.2, 0) is 6.42 Å². The van der Waals surface area contributed by atoms with Gasteiger partial charge in [-0.1, -0.05) is 24.3 Å². The van der Waals surface area contributed by atoms with Gasteiger partial charge in [-0.15, -0.1) is 0 Å². The number of amides is 1. The Bertz CT molecular complexity index is 1320. The molecule has 0 aliphatic carbocycles. The van der Waals surface area contributed by atoms with Gasteiger partial charge in [-0.05, 0) is 93.0 Å². The molecule has 1 atom stereocenters. The van der Waals surface area contributed by atoms with Gasteiger partial charge in [0.25, 0.3) is 5.91 Å². The molecule has 0 bridgehead atoms. The number of piperidine rings is 1. The molecule has 2 saturated heterocycles. The summed E-state index contributed by atoms with van der Waals surface area (Å²) in [4.78, 5) is 24.8. The summed E-state index contributed by atoms with van der Waals surface area (Å²) in [5, 5.41) is 9.48. The van der Waals surface area contributed by atoms with Gasteiger partial charge in [0.15, 0.2) is 0 Å². The van der Waals surface area contributed by atoms with E-state index in [2.05, 4.69) is 59.8 Å². The number of para-hydroxylation sites is 1. The maximum absolute atomic E-state index is 13.7. The molecular formula is C32H37N5O. The van der Waals surface area contributed by atoms with Crippen molar-refractivity contribution in [2.24, 2.45) is 5.92 Å². The van der Waals surface area contributed by atoms with Gasteiger partial charge in [0.2, 0.25) is 0 Å². The summed E-state index contributed by atoms with van der Waals surface area (Å²) in [5.41, 5.74) is 6.24. The lowest BCUT2D eigenvalue weighted by molar-refractivity contribution is 0.0725. The maximum atomic E-state index is 13.7. The van der Waals surface area contributed by atoms with Crippen molar-refractivity contribution < 1.29 is 4.79 Å². The van der Waals surface area contributed by atoms with Crippen LogP contribution in [0.15, 0.2) is 60.8 Å². The number of piperazine rings is 1. The first-order chi connectivity index (χ1) is 18.4. The monoisotopic (exact) mass is 507 g/mol. The molecule has 3 heterocycles. The summed E-state index contributed by atoms with van der Waals surface area (Å²) in [6.45, 7) is 10.5. The van der Waals surface area contributed by atoms with Gasteiger partial charge in [-0.2, -0.15) is 5.26 Å². The Morgan fingerprint density at radius 1 is 1.00 bits per heavy atom. The molecule has 6 heteroatoms. The van der Waals surface area contributed by atoms with Crippen molar-refractivity contribution >= 4 is 17.4 Å². The molecule has 196 valence electrons. The first-order valence-electron chi connectivity index (χ1n) is 13.8. The van der Waals surface area contributed by atoms with E-state index in [0.717, 1.165) is 67.1 Å². The fourth-order valence-corrected chi connectivity index (χ4v) is 6.06. The zero-order valence-corrected chi connectivity index (χ0v) is 22.7. The zero-order chi connectivity index (χ0) is 26.6. The number of anilines is 2. The van der Waals surface area contributed by atoms with Crippen LogP contribution in [0, 0.1) is 31.1 Å². The van der Waals surface area contributed by atoms with Crippen molar-refractivity contribution in [1.29, 1.82) is 5.26 Å². The minimum Gasteiger partial charge on any atom is -0.370 e. The molecule has 2 aromatic carbocycles. The van der Waals surface area contributed by atoms with Gasteiger partial charge in [0.1, 0.15) is 11.9 Å². The SMILES string of the molecule is Cc1cc(C)c(C(=O)N2CCN(c3ccccn3)[C@H](C)C2)cc1CC1CCN(c2ccccc2C#N)CC1. The smallest absolute Gasteiger partial charge is 0.254 e. The standard InChI is InChI=1S/C32H37N5O/c1-23-18-24(2)29(32(38)36-16-17-37(25(3)22-36)31-10-6-7-13-34-31)20-28(23)19-26-11-14-35(15-12-26)30-9-5-4-8-27(30)21-33/h4-10,13,18,20,25-26H,11-12,14-17,19,22H2,1-3H3/t25-/m1/s1. The van der Waals surface area contributed by atoms with E-state index in [0.29, 0.717) is 19.0 Å². The summed E-state index contributed by atoms with van der Waals surface area (Å²) >= 11 is 0. The van der Waals surface area contributed by atoms with Crippen LogP contribution in [0.2, 0.25) is 0 Å². The van der Waals surface area contributed by atoms with E-state index in [-0.39, 0.29) is 11.9 Å². The number of carbonyl (C=O) groups is 1. The van der Waals surface area contributed by atoms with Gasteiger partial charge < -0.3 is 14.7 Å². The molecule has 6 nitrogen and oxygen atoms in total. The Hall–Kier alpha value is -3.85. The van der Waals surface area contributed by atoms with Gasteiger partial charge in [-0.25, -0.2) is 4.98 Å². The summed E-state index contributed by atoms with van der Waals surface area (Å²) in [6.07, 6.45) is 4.99. The van der Waals surface area contributed by atoms with E-state index in [1.54, 1.807) is 0 Å². The highest BCUT2D eigenvalue weighted by atomic mass is 16.2. The van der Waals surface area contributed by atoms with Crippen molar-refractivity contribution in [3.05, 3.63) is 88.6 Å². The molecule has 0 unspecified atom stereocenters. The summed E-state index contributed by atoms with van der Waals surface area (Å²) in [7, 11) is 0. The van der Waals surface area contributed by atoms with E-state index in [1.807, 2.05) is 47.5 Å². The van der Waals surface area contributed by atoms with E-state index in [4.69, 9.17) is 0 Å². The number of hydrogen-bond donors (Lipinski definition) is 0. The van der Waals surface area contributed by atoms with Crippen LogP contribution < -0.4 is 9.80 Å². The van der Waals surface area contributed by atoms with Gasteiger partial charge in [0.05, 0.1) is 11.3 Å². The second-order valence-corrected chi connectivity index (χ2v) is 10.8. The molecule has 0 radical (unpaired) electrons. The fourth-order valence-electron chi connectivity index (χ4n) is 6.06. The first-order valence-corrected chi connectivity index (χ1v) is 13.8. The Morgan fingerprint density at radius 3 is 2.47 bits per heavy atom. The minimum atomic E-state index is 0.138. The van der Waals surface area contributed by atoms with Crippen molar-refractivity contribution in [2.75, 3.05) is 42.5 Å². The third kappa shape index (κ3) is 5.38. The topological polar surface area (TPSA) is 63.5 Å². The molecule has 3 aromatic rings. The van der Waals surface area contributed by atoms with Gasteiger partial charge in [0, 0.05) is 50.5 Å². The molecule has 2 aliphatic heterocycles. The lowest BCUT2D eigenvalue weighted by Gasteiger charge is -2.40. The van der Waals surface area contributed by atoms with Crippen molar-refractivity contribution in [3.63, 3.8) is 0 Å². The fraction of sp³-hybridized carbons (Fsp3) is 0.406. The van der Waals surface area contributed by atoms with E-state index in [1.165, 1.54) is 11.1 Å². The van der Waals surface area contributed by atoms with Crippen LogP contribution in [0.3, 0.4) is 0 Å². The van der Waals surface area contributed by atoms with Gasteiger partial charge >= 0.3 is 0 Å². The van der Waals surface area contributed by atoms with Crippen LogP contribution in [0.4, 0.5) is 11.5 Å². The number of benzene rings is 2. The van der Waals surface area contributed by atoms with Crippen molar-refractivity contribution in [1.82, 2.24) is 9.88 Å². The largest absolute Gasteiger partial charge is 0.370 e. The highest BCUT2D eigenvalue weighted by Crippen LogP contribution is 2.30. The van der Waals surface area contributed by atoms with Crippen molar-refractivity contribution in [3.8, 4) is 6.07 Å². The van der Waals surface area contributed by atoms with E-state index in [9.17, 15) is 10.1 Å². The lowest BCUT2D eigenvalue weighted by Crippen LogP contribution is -2.54. The Balaban J connectivity index is 1.24. The molecule has 0 saturated carbocycles. The zero-order valence-electron chi connectivity index (χ0n) is 22.7. The maximum Gasteiger partial charge on any atom is 0.254 e. The number of pyridine rings is 1. The number of carbonyl (C=O) groups excluding carboxylic acids is 1. The second kappa shape index (κ2) is 11.3. The number of rotatable bonds is 5. The van der Waals surface area contributed by atoms with Crippen molar-refractivity contribution in [2.45, 2.75) is 46.1 Å². The number of hydrogen-bond acceptors (Lipinski definition) is 5. The minimum absolute atomic E-state index is 0.138. The number of aryl methyl sites for hydroxylation is 2. The third-order valence-corrected chi connectivity index (χ3v) is 8.26. The highest BCUT2D eigenvalue weighted by molar-refractivity contribution is 5.96. The summed E-state index contributed by atoms with van der Waals surface area (Å²) in [5.74, 6) is 1.69. The molecule has 5 rings (SSSR count). The lowest BCUT2D eigenvalue weighted by atomic mass is 9.86. The highest BCUT2D eigenvalue weighted by Gasteiger charge is 2.29. The van der Waals surface area contributed by atoms with E-state index < -0.39 is 0 Å². The van der Waals surface area contributed by atoms with Crippen LogP contribution in [0.25, 0.3) is 0 Å². The molecule has 0 spiro atoms. The molecule has 1 amide bonds. The predicted molar refractivity (Wildman–Crippen MR) is 153 cm³/mol. The molecule has 2 fully saturated rings. The first kappa shape index (κ1) is 25.8. The van der Waals surface area contributed by atoms with E-state index >= 15 is 0 Å². The Kier molecular flexibility index (Phi) is 7.64. The molecule has 38 heavy (non-hydrogen) atoms. The molecule has 1 aromatic heterocycles. The van der Waals surface area contributed by atoms with Crippen LogP contribution in [-0.4, -0.2) is 54.6 Å². The van der Waals surface area contributed by atoms with Crippen LogP contribution >= 0.6 is 0 Å². The molecule has 2 aliphatic rings. The predicted octanol–water partition coefficient (Wildman–Crippen LogP) is 5.38. The number of nitriles is 1. The average molecular weight is 508 g/mol. The molecular weight excluding hydrogens is 470 g/mol. The normalized spacial score (nSPS) is 18.4. The Labute approximate surface area is 226 Å². The summed E-state index contributed by atoms with van der Waals surface area (Å²) in [6, 6.07) is 20.8. The second-order valence-electron chi connectivity index (χ2n) is 10.8.